The van der Waals surface area contributed by atoms with Gasteiger partial charge in [0, 0.05) is 13.1 Å². The normalized spacial score (nSPS) is 9.67. The number of aliphatic hydroxyl groups is 2. The molecule has 0 aliphatic carbocycles. The van der Waals surface area contributed by atoms with Gasteiger partial charge in [-0.2, -0.15) is 0 Å². The van der Waals surface area contributed by atoms with E-state index in [1.54, 1.807) is 0 Å². The lowest BCUT2D eigenvalue weighted by molar-refractivity contribution is -0.130. The van der Waals surface area contributed by atoms with Gasteiger partial charge in [-0.15, -0.1) is 0 Å². The number of hydrogen-bond donors (Lipinski definition) is 2. The summed E-state index contributed by atoms with van der Waals surface area (Å²) < 4.78 is 4.98. The Morgan fingerprint density at radius 2 is 2.00 bits per heavy atom. The Morgan fingerprint density at radius 3 is 2.53 bits per heavy atom. The van der Waals surface area contributed by atoms with Crippen LogP contribution in [0.4, 0.5) is 0 Å². The molecule has 0 atom stereocenters. The maximum atomic E-state index is 11.3. The lowest BCUT2D eigenvalue weighted by Gasteiger charge is -2.18. The van der Waals surface area contributed by atoms with E-state index in [-0.39, 0.29) is 38.8 Å². The zero-order chi connectivity index (χ0) is 11.5. The Hall–Kier alpha value is -1.16. The second-order valence-electron chi connectivity index (χ2n) is 2.76. The third kappa shape index (κ3) is 6.85. The van der Waals surface area contributed by atoms with E-state index >= 15 is 0 Å². The summed E-state index contributed by atoms with van der Waals surface area (Å²) in [7, 11) is 0. The van der Waals surface area contributed by atoms with Gasteiger partial charge in [0.15, 0.2) is 0 Å². The van der Waals surface area contributed by atoms with E-state index in [9.17, 15) is 4.79 Å². The van der Waals surface area contributed by atoms with Crippen molar-refractivity contribution in [3.8, 4) is 0 Å². The van der Waals surface area contributed by atoms with Crippen LogP contribution in [0.3, 0.4) is 0 Å². The van der Waals surface area contributed by atoms with Crippen molar-refractivity contribution in [2.75, 3.05) is 46.1 Å². The van der Waals surface area contributed by atoms with E-state index in [0.29, 0.717) is 13.2 Å². The number of carbonyl (C=O) groups excluding carboxylic acids is 1. The van der Waals surface area contributed by atoms with Crippen molar-refractivity contribution in [2.45, 2.75) is 0 Å². The molecule has 6 heteroatoms. The first-order chi connectivity index (χ1) is 7.26. The highest BCUT2D eigenvalue weighted by molar-refractivity contribution is 5.79. The first-order valence-electron chi connectivity index (χ1n) is 4.66. The van der Waals surface area contributed by atoms with Crippen molar-refractivity contribution in [3.63, 3.8) is 0 Å². The second-order valence-corrected chi connectivity index (χ2v) is 2.76. The first-order valence-corrected chi connectivity index (χ1v) is 4.66. The van der Waals surface area contributed by atoms with Crippen LogP contribution >= 0.6 is 0 Å². The van der Waals surface area contributed by atoms with Gasteiger partial charge in [0.2, 0.25) is 0 Å². The minimum absolute atomic E-state index is 0.0595. The van der Waals surface area contributed by atoms with Gasteiger partial charge in [-0.3, -0.25) is 4.79 Å². The van der Waals surface area contributed by atoms with E-state index in [0.717, 1.165) is 0 Å². The van der Waals surface area contributed by atoms with Crippen LogP contribution in [-0.4, -0.2) is 67.1 Å². The fraction of sp³-hybridized carbons (Fsp3) is 0.778. The van der Waals surface area contributed by atoms with E-state index < -0.39 is 0 Å². The zero-order valence-corrected chi connectivity index (χ0v) is 8.56. The molecule has 0 fully saturated rings. The average Bonchev–Trinajstić information content (AvgIpc) is 2.23. The van der Waals surface area contributed by atoms with Gasteiger partial charge in [0.05, 0.1) is 26.4 Å². The topological polar surface area (TPSA) is 74.4 Å². The van der Waals surface area contributed by atoms with Gasteiger partial charge in [0.25, 0.3) is 6.54 Å². The molecule has 0 spiro atoms. The van der Waals surface area contributed by atoms with Gasteiger partial charge in [-0.25, -0.2) is 6.57 Å². The molecule has 0 heterocycles. The molecule has 0 aromatic heterocycles. The van der Waals surface area contributed by atoms with Crippen LogP contribution in [0.1, 0.15) is 0 Å². The summed E-state index contributed by atoms with van der Waals surface area (Å²) in [5.74, 6) is -0.313. The molecule has 0 bridgehead atoms. The molecule has 0 aromatic rings. The quantitative estimate of drug-likeness (QED) is 0.392. The lowest BCUT2D eigenvalue weighted by Crippen LogP contribution is -2.37. The van der Waals surface area contributed by atoms with Crippen LogP contribution in [0.15, 0.2) is 0 Å². The van der Waals surface area contributed by atoms with Crippen LogP contribution in [0.25, 0.3) is 4.85 Å². The molecular weight excluding hydrogens is 200 g/mol. The molecule has 0 radical (unpaired) electrons. The molecule has 0 rings (SSSR count). The highest BCUT2D eigenvalue weighted by Gasteiger charge is 2.14. The maximum Gasteiger partial charge on any atom is 0.302 e. The third-order valence-corrected chi connectivity index (χ3v) is 1.68. The summed E-state index contributed by atoms with van der Waals surface area (Å²) in [6, 6.07) is 0. The molecule has 15 heavy (non-hydrogen) atoms. The monoisotopic (exact) mass is 216 g/mol. The standard InChI is InChI=1S/C9H16N2O4/c1-10-8-9(14)11(2-4-12)3-6-15-7-5-13/h12-13H,2-8H2. The van der Waals surface area contributed by atoms with Gasteiger partial charge >= 0.3 is 5.91 Å². The molecule has 0 aromatic carbocycles. The molecule has 0 unspecified atom stereocenters. The summed E-state index contributed by atoms with van der Waals surface area (Å²) in [6.45, 7) is 7.20. The number of ether oxygens (including phenoxy) is 1. The van der Waals surface area contributed by atoms with Crippen molar-refractivity contribution < 1.29 is 19.7 Å². The van der Waals surface area contributed by atoms with Crippen LogP contribution in [0, 0.1) is 6.57 Å². The fourth-order valence-electron chi connectivity index (χ4n) is 0.991. The van der Waals surface area contributed by atoms with E-state index in [1.807, 2.05) is 0 Å². The van der Waals surface area contributed by atoms with Crippen LogP contribution in [0.2, 0.25) is 0 Å². The number of hydrogen-bond acceptors (Lipinski definition) is 4. The summed E-state index contributed by atoms with van der Waals surface area (Å²) >= 11 is 0. The minimum Gasteiger partial charge on any atom is -0.395 e. The number of amides is 1. The maximum absolute atomic E-state index is 11.3. The van der Waals surface area contributed by atoms with E-state index in [2.05, 4.69) is 4.85 Å². The average molecular weight is 216 g/mol. The van der Waals surface area contributed by atoms with Crippen LogP contribution in [0.5, 0.6) is 0 Å². The number of carbonyl (C=O) groups is 1. The summed E-state index contributed by atoms with van der Waals surface area (Å²) in [4.78, 5) is 15.6. The van der Waals surface area contributed by atoms with Crippen molar-refractivity contribution in [2.24, 2.45) is 0 Å². The van der Waals surface area contributed by atoms with Crippen LogP contribution in [-0.2, 0) is 9.53 Å². The molecule has 86 valence electrons. The zero-order valence-electron chi connectivity index (χ0n) is 8.56. The Balaban J connectivity index is 3.83. The Morgan fingerprint density at radius 1 is 1.27 bits per heavy atom. The van der Waals surface area contributed by atoms with Crippen molar-refractivity contribution >= 4 is 5.91 Å². The molecule has 2 N–H and O–H groups in total. The summed E-state index contributed by atoms with van der Waals surface area (Å²) in [5, 5.41) is 17.1. The van der Waals surface area contributed by atoms with Crippen LogP contribution < -0.4 is 0 Å². The smallest absolute Gasteiger partial charge is 0.302 e. The third-order valence-electron chi connectivity index (χ3n) is 1.68. The largest absolute Gasteiger partial charge is 0.395 e. The summed E-state index contributed by atoms with van der Waals surface area (Å²) in [5.41, 5.74) is 0. The highest BCUT2D eigenvalue weighted by Crippen LogP contribution is 1.91. The van der Waals surface area contributed by atoms with Gasteiger partial charge in [-0.05, 0) is 0 Å². The molecule has 0 saturated carbocycles. The second kappa shape index (κ2) is 9.40. The van der Waals surface area contributed by atoms with Crippen molar-refractivity contribution in [3.05, 3.63) is 11.4 Å². The Bertz CT molecular complexity index is 215. The van der Waals surface area contributed by atoms with Gasteiger partial charge < -0.3 is 24.7 Å². The van der Waals surface area contributed by atoms with E-state index in [1.165, 1.54) is 4.90 Å². The van der Waals surface area contributed by atoms with Gasteiger partial charge in [0.1, 0.15) is 0 Å². The van der Waals surface area contributed by atoms with Crippen molar-refractivity contribution in [1.29, 1.82) is 0 Å². The SMILES string of the molecule is [C-]#[N+]CC(=O)N(CCO)CCOCCO. The molecule has 6 nitrogen and oxygen atoms in total. The molecule has 0 saturated heterocycles. The van der Waals surface area contributed by atoms with Crippen molar-refractivity contribution in [1.82, 2.24) is 4.90 Å². The minimum atomic E-state index is -0.313. The number of nitrogens with zero attached hydrogens (tertiary/aromatic N) is 2. The van der Waals surface area contributed by atoms with E-state index in [4.69, 9.17) is 21.5 Å². The molecule has 1 amide bonds. The first kappa shape index (κ1) is 13.8. The fourth-order valence-corrected chi connectivity index (χ4v) is 0.991. The number of aliphatic hydroxyl groups excluding tert-OH is 2. The highest BCUT2D eigenvalue weighted by atomic mass is 16.5. The molecular formula is C9H16N2O4. The lowest BCUT2D eigenvalue weighted by atomic mass is 10.4. The van der Waals surface area contributed by atoms with Gasteiger partial charge in [-0.1, -0.05) is 0 Å². The predicted octanol–water partition coefficient (Wildman–Crippen LogP) is -1.26. The predicted molar refractivity (Wildman–Crippen MR) is 53.0 cm³/mol. The molecule has 0 aliphatic rings. The Kier molecular flexibility index (Phi) is 8.67. The number of rotatable bonds is 8. The summed E-state index contributed by atoms with van der Waals surface area (Å²) in [6.07, 6.45) is 0. The Labute approximate surface area is 88.9 Å². The molecule has 0 aliphatic heterocycles.